The van der Waals surface area contributed by atoms with E-state index in [-0.39, 0.29) is 11.9 Å². The van der Waals surface area contributed by atoms with E-state index in [1.165, 1.54) is 4.90 Å². The number of nitrogens with two attached hydrogens (primary N) is 1. The molecule has 5 nitrogen and oxygen atoms in total. The number of amides is 1. The molecule has 2 N–H and O–H groups in total. The predicted octanol–water partition coefficient (Wildman–Crippen LogP) is 2.38. The molecule has 1 spiro atoms. The lowest BCUT2D eigenvalue weighted by Gasteiger charge is -2.41. The molecule has 1 aromatic carbocycles. The first-order valence-corrected chi connectivity index (χ1v) is 7.75. The van der Waals surface area contributed by atoms with Crippen LogP contribution < -0.4 is 10.5 Å². The zero-order valence-electron chi connectivity index (χ0n) is 12.3. The Morgan fingerprint density at radius 1 is 1.48 bits per heavy atom. The van der Waals surface area contributed by atoms with Gasteiger partial charge in [0.05, 0.1) is 0 Å². The van der Waals surface area contributed by atoms with Crippen LogP contribution in [0.25, 0.3) is 0 Å². The van der Waals surface area contributed by atoms with Crippen LogP contribution in [0.2, 0.25) is 0 Å². The van der Waals surface area contributed by atoms with Crippen LogP contribution >= 0.6 is 15.9 Å². The molecular weight excluding hydrogens is 334 g/mol. The first kappa shape index (κ1) is 14.4. The van der Waals surface area contributed by atoms with Crippen molar-refractivity contribution in [1.29, 1.82) is 0 Å². The monoisotopic (exact) mass is 351 g/mol. The number of hydrogen-bond donors (Lipinski definition) is 1. The number of benzene rings is 1. The number of aliphatic imine (C=N–C) groups is 1. The number of carbonyl (C=O) groups is 1. The second-order valence-electron chi connectivity index (χ2n) is 6.06. The van der Waals surface area contributed by atoms with E-state index in [0.717, 1.165) is 10.0 Å². The predicted molar refractivity (Wildman–Crippen MR) is 84.2 cm³/mol. The van der Waals surface area contributed by atoms with E-state index in [9.17, 15) is 4.79 Å². The average molecular weight is 352 g/mol. The van der Waals surface area contributed by atoms with Crippen LogP contribution in [0.3, 0.4) is 0 Å². The Hall–Kier alpha value is -1.56. The number of fused-ring (bicyclic) bond motifs is 2. The lowest BCUT2D eigenvalue weighted by Crippen LogP contribution is -2.49. The Bertz CT molecular complexity index is 656. The van der Waals surface area contributed by atoms with E-state index >= 15 is 0 Å². The molecule has 1 aromatic rings. The van der Waals surface area contributed by atoms with Crippen LogP contribution in [0.5, 0.6) is 5.75 Å². The first-order valence-electron chi connectivity index (χ1n) is 6.95. The van der Waals surface area contributed by atoms with Crippen molar-refractivity contribution in [2.24, 2.45) is 10.7 Å². The van der Waals surface area contributed by atoms with Gasteiger partial charge in [0, 0.05) is 23.0 Å². The van der Waals surface area contributed by atoms with Crippen LogP contribution in [0.1, 0.15) is 32.8 Å². The molecule has 21 heavy (non-hydrogen) atoms. The summed E-state index contributed by atoms with van der Waals surface area (Å²) in [6.45, 7) is 6.34. The number of halogens is 1. The highest BCUT2D eigenvalue weighted by Crippen LogP contribution is 2.49. The van der Waals surface area contributed by atoms with Crippen molar-refractivity contribution in [3.63, 3.8) is 0 Å². The van der Waals surface area contributed by atoms with Gasteiger partial charge in [0.2, 0.25) is 0 Å². The van der Waals surface area contributed by atoms with Gasteiger partial charge in [0.1, 0.15) is 11.4 Å². The van der Waals surface area contributed by atoms with Crippen molar-refractivity contribution < 1.29 is 9.53 Å². The number of likely N-dealkylation sites (N-methyl/N-ethyl adjacent to an activating group) is 1. The van der Waals surface area contributed by atoms with E-state index in [2.05, 4.69) is 20.9 Å². The van der Waals surface area contributed by atoms with E-state index in [4.69, 9.17) is 10.5 Å². The minimum Gasteiger partial charge on any atom is -0.487 e. The molecule has 1 amide bonds. The Morgan fingerprint density at radius 2 is 2.19 bits per heavy atom. The van der Waals surface area contributed by atoms with Crippen LogP contribution in [0, 0.1) is 0 Å². The largest absolute Gasteiger partial charge is 0.487 e. The van der Waals surface area contributed by atoms with Gasteiger partial charge in [-0.05, 0) is 39.0 Å². The van der Waals surface area contributed by atoms with Crippen molar-refractivity contribution in [2.45, 2.75) is 38.3 Å². The molecule has 0 aromatic heterocycles. The number of rotatable bonds is 1. The summed E-state index contributed by atoms with van der Waals surface area (Å²) in [5.74, 6) is 0.904. The van der Waals surface area contributed by atoms with Crippen molar-refractivity contribution in [3.8, 4) is 5.75 Å². The molecule has 6 heteroatoms. The summed E-state index contributed by atoms with van der Waals surface area (Å²) in [7, 11) is 0. The van der Waals surface area contributed by atoms with Crippen LogP contribution in [-0.4, -0.2) is 28.9 Å². The molecule has 0 fully saturated rings. The fourth-order valence-corrected chi connectivity index (χ4v) is 3.55. The summed E-state index contributed by atoms with van der Waals surface area (Å²) in [5.41, 5.74) is 5.30. The second-order valence-corrected chi connectivity index (χ2v) is 6.97. The van der Waals surface area contributed by atoms with Crippen molar-refractivity contribution in [2.75, 3.05) is 6.54 Å². The summed E-state index contributed by atoms with van der Waals surface area (Å²) < 4.78 is 6.90. The molecule has 0 saturated carbocycles. The topological polar surface area (TPSA) is 67.9 Å². The van der Waals surface area contributed by atoms with E-state index in [1.807, 2.05) is 39.0 Å². The average Bonchev–Trinajstić information content (AvgIpc) is 2.61. The summed E-state index contributed by atoms with van der Waals surface area (Å²) in [6, 6.07) is 5.67. The van der Waals surface area contributed by atoms with E-state index < -0.39 is 11.1 Å². The molecule has 112 valence electrons. The third kappa shape index (κ3) is 2.04. The fourth-order valence-electron chi connectivity index (χ4n) is 3.19. The Morgan fingerprint density at radius 3 is 2.81 bits per heavy atom. The second kappa shape index (κ2) is 4.47. The minimum absolute atomic E-state index is 0.0711. The highest BCUT2D eigenvalue weighted by atomic mass is 79.9. The fraction of sp³-hybridized carbons (Fsp3) is 0.467. The lowest BCUT2D eigenvalue weighted by molar-refractivity contribution is -0.134. The van der Waals surface area contributed by atoms with Crippen LogP contribution in [-0.2, 0) is 10.3 Å². The zero-order chi connectivity index (χ0) is 15.4. The van der Waals surface area contributed by atoms with Crippen molar-refractivity contribution >= 4 is 27.8 Å². The third-order valence-electron chi connectivity index (χ3n) is 3.95. The molecule has 3 rings (SSSR count). The third-order valence-corrected chi connectivity index (χ3v) is 4.45. The molecule has 0 bridgehead atoms. The number of carbonyl (C=O) groups excluding carboxylic acids is 1. The summed E-state index contributed by atoms with van der Waals surface area (Å²) in [6.07, 6.45) is 0.472. The first-order chi connectivity index (χ1) is 9.79. The molecule has 0 saturated heterocycles. The molecule has 0 radical (unpaired) electrons. The van der Waals surface area contributed by atoms with Gasteiger partial charge < -0.3 is 10.5 Å². The summed E-state index contributed by atoms with van der Waals surface area (Å²) >= 11 is 3.46. The molecule has 0 aliphatic carbocycles. The van der Waals surface area contributed by atoms with Gasteiger partial charge in [-0.25, -0.2) is 4.99 Å². The maximum absolute atomic E-state index is 12.9. The molecule has 1 atom stereocenters. The Labute approximate surface area is 132 Å². The highest BCUT2D eigenvalue weighted by molar-refractivity contribution is 9.10. The van der Waals surface area contributed by atoms with Crippen molar-refractivity contribution in [3.05, 3.63) is 28.2 Å². The molecule has 2 heterocycles. The van der Waals surface area contributed by atoms with Gasteiger partial charge in [-0.15, -0.1) is 0 Å². The molecular formula is C15H18BrN3O2. The molecule has 2 aliphatic rings. The number of ether oxygens (including phenoxy) is 1. The van der Waals surface area contributed by atoms with Gasteiger partial charge in [0.25, 0.3) is 5.91 Å². The Kier molecular flexibility index (Phi) is 3.06. The van der Waals surface area contributed by atoms with E-state index in [0.29, 0.717) is 18.7 Å². The van der Waals surface area contributed by atoms with Gasteiger partial charge in [0.15, 0.2) is 11.5 Å². The van der Waals surface area contributed by atoms with Crippen molar-refractivity contribution in [1.82, 2.24) is 4.90 Å². The van der Waals surface area contributed by atoms with Gasteiger partial charge >= 0.3 is 0 Å². The number of nitrogens with zero attached hydrogens (tertiary/aromatic N) is 2. The molecule has 1 unspecified atom stereocenters. The summed E-state index contributed by atoms with van der Waals surface area (Å²) in [5, 5.41) is 0. The minimum atomic E-state index is -0.971. The van der Waals surface area contributed by atoms with Gasteiger partial charge in [-0.3, -0.25) is 9.69 Å². The van der Waals surface area contributed by atoms with Gasteiger partial charge in [-0.1, -0.05) is 15.9 Å². The number of hydrogen-bond acceptors (Lipinski definition) is 4. The Balaban J connectivity index is 2.24. The molecule has 2 aliphatic heterocycles. The standard InChI is InChI=1S/C15H18BrN3O2/c1-4-19-12(20)15(18-13(19)17)8-14(2,3)21-11-6-5-9(16)7-10(11)15/h5-7H,4,8H2,1-3H3,(H2,17,18). The SMILES string of the molecule is CCN1C(=O)C2(CC(C)(C)Oc3ccc(Br)cc32)N=C1N. The maximum Gasteiger partial charge on any atom is 0.262 e. The smallest absolute Gasteiger partial charge is 0.262 e. The lowest BCUT2D eigenvalue weighted by atomic mass is 9.77. The zero-order valence-corrected chi connectivity index (χ0v) is 13.9. The highest BCUT2D eigenvalue weighted by Gasteiger charge is 2.55. The normalized spacial score (nSPS) is 26.6. The van der Waals surface area contributed by atoms with E-state index in [1.54, 1.807) is 0 Å². The maximum atomic E-state index is 12.9. The van der Waals surface area contributed by atoms with Gasteiger partial charge in [-0.2, -0.15) is 0 Å². The summed E-state index contributed by atoms with van der Waals surface area (Å²) in [4.78, 5) is 19.0. The number of guanidine groups is 1. The van der Waals surface area contributed by atoms with Crippen LogP contribution in [0.4, 0.5) is 0 Å². The quantitative estimate of drug-likeness (QED) is 0.844. The van der Waals surface area contributed by atoms with Crippen LogP contribution in [0.15, 0.2) is 27.7 Å².